The van der Waals surface area contributed by atoms with Crippen LogP contribution >= 0.6 is 23.2 Å². The van der Waals surface area contributed by atoms with Crippen molar-refractivity contribution in [3.8, 4) is 5.69 Å². The molecule has 0 aliphatic heterocycles. The predicted octanol–water partition coefficient (Wildman–Crippen LogP) is 3.60. The van der Waals surface area contributed by atoms with Crippen LogP contribution in [0, 0.1) is 0 Å². The highest BCUT2D eigenvalue weighted by atomic mass is 35.5. The van der Waals surface area contributed by atoms with Crippen molar-refractivity contribution in [1.29, 1.82) is 0 Å². The lowest BCUT2D eigenvalue weighted by atomic mass is 10.3. The van der Waals surface area contributed by atoms with Gasteiger partial charge >= 0.3 is 0 Å². The zero-order valence-electron chi connectivity index (χ0n) is 11.4. The monoisotopic (exact) mass is 312 g/mol. The third-order valence-corrected chi connectivity index (χ3v) is 3.79. The molecule has 5 heteroatoms. The Balaban J connectivity index is 2.28. The molecule has 0 saturated carbocycles. The van der Waals surface area contributed by atoms with Gasteiger partial charge in [0.25, 0.3) is 0 Å². The highest BCUT2D eigenvalue weighted by Crippen LogP contribution is 2.26. The van der Waals surface area contributed by atoms with Crippen molar-refractivity contribution in [1.82, 2.24) is 9.47 Å². The molecule has 108 valence electrons. The molecule has 0 bridgehead atoms. The Morgan fingerprint density at radius 1 is 1.25 bits per heavy atom. The number of hydrogen-bond donors (Lipinski definition) is 1. The van der Waals surface area contributed by atoms with Crippen LogP contribution in [0.25, 0.3) is 5.69 Å². The number of benzene rings is 1. The van der Waals surface area contributed by atoms with Crippen molar-refractivity contribution < 1.29 is 5.11 Å². The van der Waals surface area contributed by atoms with E-state index >= 15 is 0 Å². The zero-order valence-corrected chi connectivity index (χ0v) is 12.9. The number of aliphatic hydroxyl groups excluding tert-OH is 1. The third kappa shape index (κ3) is 3.55. The summed E-state index contributed by atoms with van der Waals surface area (Å²) < 4.78 is 2.05. The quantitative estimate of drug-likeness (QED) is 0.882. The maximum Gasteiger partial charge on any atom is 0.0661 e. The molecule has 20 heavy (non-hydrogen) atoms. The van der Waals surface area contributed by atoms with Crippen LogP contribution < -0.4 is 0 Å². The van der Waals surface area contributed by atoms with E-state index in [1.54, 1.807) is 6.07 Å². The number of aromatic nitrogens is 1. The Bertz CT molecular complexity index is 569. The van der Waals surface area contributed by atoms with Crippen LogP contribution in [0.1, 0.15) is 12.6 Å². The minimum atomic E-state index is 0.163. The second-order valence-corrected chi connectivity index (χ2v) is 5.40. The molecule has 3 nitrogen and oxygen atoms in total. The van der Waals surface area contributed by atoms with Crippen molar-refractivity contribution in [2.75, 3.05) is 19.7 Å². The van der Waals surface area contributed by atoms with Crippen LogP contribution in [0.15, 0.2) is 36.5 Å². The molecule has 0 spiro atoms. The number of aliphatic hydroxyl groups is 1. The van der Waals surface area contributed by atoms with Crippen molar-refractivity contribution >= 4 is 23.2 Å². The van der Waals surface area contributed by atoms with E-state index < -0.39 is 0 Å². The van der Waals surface area contributed by atoms with Gasteiger partial charge in [-0.2, -0.15) is 0 Å². The average Bonchev–Trinajstić information content (AvgIpc) is 2.86. The second-order valence-electron chi connectivity index (χ2n) is 4.56. The van der Waals surface area contributed by atoms with Gasteiger partial charge in [0.1, 0.15) is 0 Å². The van der Waals surface area contributed by atoms with Crippen LogP contribution in [0.2, 0.25) is 10.0 Å². The summed E-state index contributed by atoms with van der Waals surface area (Å²) in [4.78, 5) is 2.18. The second kappa shape index (κ2) is 7.14. The Hall–Kier alpha value is -1.000. The summed E-state index contributed by atoms with van der Waals surface area (Å²) in [5.74, 6) is 0. The number of nitrogens with zero attached hydrogens (tertiary/aromatic N) is 2. The normalized spacial score (nSPS) is 11.2. The number of hydrogen-bond acceptors (Lipinski definition) is 2. The lowest BCUT2D eigenvalue weighted by Gasteiger charge is -2.20. The van der Waals surface area contributed by atoms with Crippen LogP contribution in [0.5, 0.6) is 0 Å². The minimum Gasteiger partial charge on any atom is -0.395 e. The van der Waals surface area contributed by atoms with E-state index in [4.69, 9.17) is 28.3 Å². The van der Waals surface area contributed by atoms with E-state index in [0.29, 0.717) is 16.6 Å². The fourth-order valence-electron chi connectivity index (χ4n) is 2.18. The predicted molar refractivity (Wildman–Crippen MR) is 83.8 cm³/mol. The molecule has 0 radical (unpaired) electrons. The van der Waals surface area contributed by atoms with E-state index in [-0.39, 0.29) is 6.61 Å². The molecule has 1 heterocycles. The first kappa shape index (κ1) is 15.4. The number of halogens is 2. The van der Waals surface area contributed by atoms with Gasteiger partial charge in [0.2, 0.25) is 0 Å². The lowest BCUT2D eigenvalue weighted by molar-refractivity contribution is 0.195. The molecule has 0 amide bonds. The Labute approximate surface area is 129 Å². The standard InChI is InChI=1S/C15H18Cl2N2O/c1-2-18(8-9-20)11-13-4-3-7-19(13)15-6-5-12(16)10-14(15)17/h3-7,10,20H,2,8-9,11H2,1H3. The number of rotatable bonds is 6. The Kier molecular flexibility index (Phi) is 5.49. The van der Waals surface area contributed by atoms with Crippen molar-refractivity contribution in [2.45, 2.75) is 13.5 Å². The van der Waals surface area contributed by atoms with Gasteiger partial charge < -0.3 is 9.67 Å². The average molecular weight is 313 g/mol. The molecular weight excluding hydrogens is 295 g/mol. The molecule has 0 atom stereocenters. The van der Waals surface area contributed by atoms with Crippen molar-refractivity contribution in [3.63, 3.8) is 0 Å². The van der Waals surface area contributed by atoms with Crippen LogP contribution in [-0.2, 0) is 6.54 Å². The SMILES string of the molecule is CCN(CCO)Cc1cccn1-c1ccc(Cl)cc1Cl. The van der Waals surface area contributed by atoms with E-state index in [2.05, 4.69) is 22.5 Å². The Morgan fingerprint density at radius 3 is 2.70 bits per heavy atom. The smallest absolute Gasteiger partial charge is 0.0661 e. The molecular formula is C15H18Cl2N2O. The van der Waals surface area contributed by atoms with Gasteiger partial charge in [0.05, 0.1) is 17.3 Å². The molecule has 0 fully saturated rings. The van der Waals surface area contributed by atoms with Crippen LogP contribution in [-0.4, -0.2) is 34.3 Å². The Morgan fingerprint density at radius 2 is 2.05 bits per heavy atom. The first-order valence-electron chi connectivity index (χ1n) is 6.60. The largest absolute Gasteiger partial charge is 0.395 e. The zero-order chi connectivity index (χ0) is 14.5. The summed E-state index contributed by atoms with van der Waals surface area (Å²) >= 11 is 12.2. The number of likely N-dealkylation sites (N-methyl/N-ethyl adjacent to an activating group) is 1. The first-order chi connectivity index (χ1) is 9.65. The van der Waals surface area contributed by atoms with Crippen molar-refractivity contribution in [2.24, 2.45) is 0 Å². The first-order valence-corrected chi connectivity index (χ1v) is 7.36. The highest BCUT2D eigenvalue weighted by Gasteiger charge is 2.10. The van der Waals surface area contributed by atoms with Crippen LogP contribution in [0.3, 0.4) is 0 Å². The summed E-state index contributed by atoms with van der Waals surface area (Å²) in [6.45, 7) is 4.56. The molecule has 0 aliphatic rings. The van der Waals surface area contributed by atoms with Gasteiger partial charge in [-0.05, 0) is 36.9 Å². The molecule has 1 N–H and O–H groups in total. The summed E-state index contributed by atoms with van der Waals surface area (Å²) in [7, 11) is 0. The van der Waals surface area contributed by atoms with E-state index in [1.807, 2.05) is 24.4 Å². The third-order valence-electron chi connectivity index (χ3n) is 3.25. The van der Waals surface area contributed by atoms with E-state index in [1.165, 1.54) is 0 Å². The van der Waals surface area contributed by atoms with E-state index in [0.717, 1.165) is 24.5 Å². The summed E-state index contributed by atoms with van der Waals surface area (Å²) in [5.41, 5.74) is 2.04. The van der Waals surface area contributed by atoms with Gasteiger partial charge in [-0.15, -0.1) is 0 Å². The summed E-state index contributed by atoms with van der Waals surface area (Å²) in [5, 5.41) is 10.3. The van der Waals surface area contributed by atoms with Gasteiger partial charge in [0.15, 0.2) is 0 Å². The maximum atomic E-state index is 9.07. The van der Waals surface area contributed by atoms with Gasteiger partial charge in [-0.3, -0.25) is 4.90 Å². The van der Waals surface area contributed by atoms with Gasteiger partial charge in [0, 0.05) is 30.0 Å². The lowest BCUT2D eigenvalue weighted by Crippen LogP contribution is -2.27. The molecule has 1 aromatic carbocycles. The fourth-order valence-corrected chi connectivity index (χ4v) is 2.68. The minimum absolute atomic E-state index is 0.163. The van der Waals surface area contributed by atoms with Crippen molar-refractivity contribution in [3.05, 3.63) is 52.3 Å². The highest BCUT2D eigenvalue weighted by molar-refractivity contribution is 6.35. The van der Waals surface area contributed by atoms with Gasteiger partial charge in [-0.1, -0.05) is 30.1 Å². The molecule has 1 aromatic heterocycles. The van der Waals surface area contributed by atoms with E-state index in [9.17, 15) is 0 Å². The molecule has 2 aromatic rings. The summed E-state index contributed by atoms with van der Waals surface area (Å²) in [6, 6.07) is 9.54. The fraction of sp³-hybridized carbons (Fsp3) is 0.333. The molecule has 2 rings (SSSR count). The van der Waals surface area contributed by atoms with Gasteiger partial charge in [-0.25, -0.2) is 0 Å². The molecule has 0 unspecified atom stereocenters. The maximum absolute atomic E-state index is 9.07. The molecule has 0 aliphatic carbocycles. The van der Waals surface area contributed by atoms with Crippen LogP contribution in [0.4, 0.5) is 0 Å². The topological polar surface area (TPSA) is 28.4 Å². The molecule has 0 saturated heterocycles. The summed E-state index contributed by atoms with van der Waals surface area (Å²) in [6.07, 6.45) is 1.98.